The molecule has 19 heavy (non-hydrogen) atoms. The first-order chi connectivity index (χ1) is 8.75. The van der Waals surface area contributed by atoms with Gasteiger partial charge in [0.1, 0.15) is 6.10 Å². The second kappa shape index (κ2) is 5.31. The second-order valence-corrected chi connectivity index (χ2v) is 8.00. The number of thioether (sulfide) groups is 1. The number of rotatable bonds is 2. The molecule has 1 heterocycles. The molecule has 0 aromatic carbocycles. The Morgan fingerprint density at radius 1 is 1.16 bits per heavy atom. The van der Waals surface area contributed by atoms with E-state index in [-0.39, 0.29) is 24.0 Å². The summed E-state index contributed by atoms with van der Waals surface area (Å²) in [7, 11) is 0. The van der Waals surface area contributed by atoms with Gasteiger partial charge in [0.05, 0.1) is 11.4 Å². The zero-order chi connectivity index (χ0) is 12.2. The molecule has 0 aromatic heterocycles. The maximum Gasteiger partial charge on any atom is 0.246 e. The quantitative estimate of drug-likeness (QED) is 0.714. The van der Waals surface area contributed by atoms with Crippen LogP contribution < -0.4 is 0 Å². The third kappa shape index (κ3) is 2.63. The summed E-state index contributed by atoms with van der Waals surface area (Å²) in [6.45, 7) is 0. The molecule has 1 atom stereocenters. The Morgan fingerprint density at radius 2 is 1.74 bits per heavy atom. The van der Waals surface area contributed by atoms with E-state index in [1.165, 1.54) is 38.5 Å². The number of aliphatic imine (C=N–C) groups is 1. The Kier molecular flexibility index (Phi) is 4.01. The van der Waals surface area contributed by atoms with Crippen molar-refractivity contribution in [1.29, 1.82) is 0 Å². The van der Waals surface area contributed by atoms with Crippen molar-refractivity contribution < 1.29 is 4.74 Å². The number of hydrogen-bond donors (Lipinski definition) is 0. The van der Waals surface area contributed by atoms with Gasteiger partial charge in [-0.15, -0.1) is 24.0 Å². The molecule has 5 rings (SSSR count). The van der Waals surface area contributed by atoms with Gasteiger partial charge in [0.15, 0.2) is 0 Å². The van der Waals surface area contributed by atoms with Crippen molar-refractivity contribution in [2.24, 2.45) is 22.7 Å². The third-order valence-corrected chi connectivity index (χ3v) is 6.48. The summed E-state index contributed by atoms with van der Waals surface area (Å²) >= 11 is 7.62. The van der Waals surface area contributed by atoms with E-state index in [0.29, 0.717) is 5.88 Å². The standard InChI is InChI=1S/C14H20ClNOS.ClH/c15-7-12-8-18-13(17-12)16-14-4-9-1-10(5-14)3-11(2-9)6-14;/h9-12H,1-8H2;1H. The van der Waals surface area contributed by atoms with Crippen molar-refractivity contribution in [1.82, 2.24) is 0 Å². The largest absolute Gasteiger partial charge is 0.468 e. The maximum atomic E-state index is 5.86. The average molecular weight is 322 g/mol. The minimum atomic E-state index is 0. The van der Waals surface area contributed by atoms with Gasteiger partial charge in [-0.1, -0.05) is 11.8 Å². The van der Waals surface area contributed by atoms with Crippen LogP contribution in [0.15, 0.2) is 4.99 Å². The van der Waals surface area contributed by atoms with Crippen molar-refractivity contribution >= 4 is 41.0 Å². The average Bonchev–Trinajstić information content (AvgIpc) is 2.74. The van der Waals surface area contributed by atoms with Crippen LogP contribution in [-0.2, 0) is 4.74 Å². The Bertz CT molecular complexity index is 352. The molecule has 0 amide bonds. The summed E-state index contributed by atoms with van der Waals surface area (Å²) in [5.74, 6) is 4.43. The lowest BCUT2D eigenvalue weighted by molar-refractivity contribution is 0.000684. The van der Waals surface area contributed by atoms with Crippen molar-refractivity contribution in [3.8, 4) is 0 Å². The van der Waals surface area contributed by atoms with Crippen LogP contribution in [0.5, 0.6) is 0 Å². The van der Waals surface area contributed by atoms with E-state index in [4.69, 9.17) is 21.3 Å². The van der Waals surface area contributed by atoms with Crippen LogP contribution in [0.3, 0.4) is 0 Å². The summed E-state index contributed by atoms with van der Waals surface area (Å²) < 4.78 is 5.83. The van der Waals surface area contributed by atoms with Gasteiger partial charge < -0.3 is 4.74 Å². The first-order valence-electron chi connectivity index (χ1n) is 7.20. The molecule has 108 valence electrons. The fraction of sp³-hybridized carbons (Fsp3) is 0.929. The fourth-order valence-electron chi connectivity index (χ4n) is 4.91. The molecule has 1 aliphatic heterocycles. The van der Waals surface area contributed by atoms with Crippen LogP contribution in [0.4, 0.5) is 0 Å². The van der Waals surface area contributed by atoms with Gasteiger partial charge in [0.25, 0.3) is 0 Å². The van der Waals surface area contributed by atoms with Crippen LogP contribution in [0, 0.1) is 17.8 Å². The highest BCUT2D eigenvalue weighted by atomic mass is 35.5. The zero-order valence-corrected chi connectivity index (χ0v) is 13.4. The Labute approximate surface area is 130 Å². The van der Waals surface area contributed by atoms with E-state index in [9.17, 15) is 0 Å². The Morgan fingerprint density at radius 3 is 2.21 bits per heavy atom. The van der Waals surface area contributed by atoms with E-state index in [2.05, 4.69) is 0 Å². The van der Waals surface area contributed by atoms with E-state index < -0.39 is 0 Å². The smallest absolute Gasteiger partial charge is 0.246 e. The zero-order valence-electron chi connectivity index (χ0n) is 11.0. The minimum Gasteiger partial charge on any atom is -0.468 e. The predicted molar refractivity (Wildman–Crippen MR) is 83.6 cm³/mol. The highest BCUT2D eigenvalue weighted by molar-refractivity contribution is 8.13. The lowest BCUT2D eigenvalue weighted by Crippen LogP contribution is -2.49. The van der Waals surface area contributed by atoms with Crippen LogP contribution in [-0.4, -0.2) is 28.5 Å². The van der Waals surface area contributed by atoms with E-state index in [0.717, 1.165) is 28.7 Å². The topological polar surface area (TPSA) is 21.6 Å². The van der Waals surface area contributed by atoms with E-state index in [1.807, 2.05) is 0 Å². The normalized spacial score (nSPS) is 49.2. The predicted octanol–water partition coefficient (Wildman–Crippen LogP) is 4.10. The summed E-state index contributed by atoms with van der Waals surface area (Å²) in [5.41, 5.74) is 0.248. The second-order valence-electron chi connectivity index (χ2n) is 6.72. The summed E-state index contributed by atoms with van der Waals surface area (Å²) in [4.78, 5) is 5.06. The molecule has 5 fully saturated rings. The lowest BCUT2D eigenvalue weighted by Gasteiger charge is -2.54. The fourth-order valence-corrected chi connectivity index (χ4v) is 6.18. The number of alkyl halides is 1. The summed E-state index contributed by atoms with van der Waals surface area (Å²) in [6.07, 6.45) is 8.56. The van der Waals surface area contributed by atoms with Gasteiger partial charge in [0.2, 0.25) is 5.23 Å². The van der Waals surface area contributed by atoms with E-state index in [1.54, 1.807) is 11.8 Å². The Balaban J connectivity index is 0.00000110. The molecule has 4 saturated carbocycles. The van der Waals surface area contributed by atoms with Gasteiger partial charge in [-0.25, -0.2) is 4.99 Å². The van der Waals surface area contributed by atoms with Crippen LogP contribution in [0.1, 0.15) is 38.5 Å². The summed E-state index contributed by atoms with van der Waals surface area (Å²) in [5, 5.41) is 0.933. The number of ether oxygens (including phenoxy) is 1. The van der Waals surface area contributed by atoms with Crippen molar-refractivity contribution in [2.45, 2.75) is 50.2 Å². The van der Waals surface area contributed by atoms with Gasteiger partial charge in [-0.2, -0.15) is 0 Å². The molecule has 5 heteroatoms. The first-order valence-corrected chi connectivity index (χ1v) is 8.72. The summed E-state index contributed by atoms with van der Waals surface area (Å²) in [6, 6.07) is 0. The molecule has 1 unspecified atom stereocenters. The molecule has 2 nitrogen and oxygen atoms in total. The van der Waals surface area contributed by atoms with Crippen molar-refractivity contribution in [3.05, 3.63) is 0 Å². The first kappa shape index (κ1) is 14.3. The van der Waals surface area contributed by atoms with Crippen molar-refractivity contribution in [2.75, 3.05) is 11.6 Å². The van der Waals surface area contributed by atoms with Gasteiger partial charge in [-0.05, 0) is 56.3 Å². The van der Waals surface area contributed by atoms with Crippen molar-refractivity contribution in [3.63, 3.8) is 0 Å². The van der Waals surface area contributed by atoms with Crippen LogP contribution in [0.2, 0.25) is 0 Å². The molecule has 1 saturated heterocycles. The SMILES string of the molecule is Cl.ClCC1CSC(=NC23CC4CC(CC(C4)C2)C3)O1. The molecule has 0 N–H and O–H groups in total. The Hall–Kier alpha value is 0.400. The van der Waals surface area contributed by atoms with Crippen LogP contribution >= 0.6 is 35.8 Å². The van der Waals surface area contributed by atoms with Crippen LogP contribution in [0.25, 0.3) is 0 Å². The van der Waals surface area contributed by atoms with Gasteiger partial charge >= 0.3 is 0 Å². The molecule has 4 aliphatic carbocycles. The maximum absolute atomic E-state index is 5.86. The minimum absolute atomic E-state index is 0. The lowest BCUT2D eigenvalue weighted by atomic mass is 9.53. The molecular formula is C14H21Cl2NOS. The molecule has 4 bridgehead atoms. The monoisotopic (exact) mass is 321 g/mol. The number of hydrogen-bond acceptors (Lipinski definition) is 3. The number of halogens is 2. The highest BCUT2D eigenvalue weighted by Crippen LogP contribution is 2.57. The number of nitrogens with zero attached hydrogens (tertiary/aromatic N) is 1. The highest BCUT2D eigenvalue weighted by Gasteiger charge is 2.51. The molecular weight excluding hydrogens is 301 g/mol. The molecule has 0 radical (unpaired) electrons. The van der Waals surface area contributed by atoms with Gasteiger partial charge in [-0.3, -0.25) is 0 Å². The molecule has 0 spiro atoms. The molecule has 5 aliphatic rings. The van der Waals surface area contributed by atoms with E-state index >= 15 is 0 Å². The molecule has 0 aromatic rings. The third-order valence-electron chi connectivity index (χ3n) is 5.17. The van der Waals surface area contributed by atoms with Gasteiger partial charge in [0, 0.05) is 5.75 Å².